The Morgan fingerprint density at radius 3 is 2.70 bits per heavy atom. The molecular weight excluding hydrogens is 254 g/mol. The lowest BCUT2D eigenvalue weighted by atomic mass is 10.2. The number of aromatic nitrogens is 2. The molecule has 6 nitrogen and oxygen atoms in total. The first kappa shape index (κ1) is 13.3. The summed E-state index contributed by atoms with van der Waals surface area (Å²) in [4.78, 5) is 14.1. The van der Waals surface area contributed by atoms with Gasteiger partial charge in [-0.2, -0.15) is 0 Å². The highest BCUT2D eigenvalue weighted by molar-refractivity contribution is 5.92. The van der Waals surface area contributed by atoms with Gasteiger partial charge in [-0.25, -0.2) is 0 Å². The summed E-state index contributed by atoms with van der Waals surface area (Å²) in [6, 6.07) is 3.67. The van der Waals surface area contributed by atoms with Crippen molar-refractivity contribution in [2.75, 3.05) is 24.5 Å². The van der Waals surface area contributed by atoms with Crippen molar-refractivity contribution in [2.45, 2.75) is 31.7 Å². The number of hydrogen-bond donors (Lipinski definition) is 2. The number of anilines is 1. The van der Waals surface area contributed by atoms with E-state index in [0.717, 1.165) is 18.9 Å². The number of nitrogens with zero attached hydrogens (tertiary/aromatic N) is 3. The first-order valence-corrected chi connectivity index (χ1v) is 7.36. The van der Waals surface area contributed by atoms with Crippen molar-refractivity contribution in [3.8, 4) is 0 Å². The van der Waals surface area contributed by atoms with E-state index in [0.29, 0.717) is 18.2 Å². The van der Waals surface area contributed by atoms with Gasteiger partial charge in [-0.1, -0.05) is 0 Å². The molecule has 1 amide bonds. The molecule has 1 saturated heterocycles. The van der Waals surface area contributed by atoms with Gasteiger partial charge in [0.25, 0.3) is 5.91 Å². The molecule has 1 unspecified atom stereocenters. The molecule has 1 aliphatic carbocycles. The van der Waals surface area contributed by atoms with Crippen LogP contribution >= 0.6 is 0 Å². The lowest BCUT2D eigenvalue weighted by Gasteiger charge is -2.15. The molecule has 6 heteroatoms. The zero-order valence-corrected chi connectivity index (χ0v) is 11.6. The second-order valence-electron chi connectivity index (χ2n) is 5.68. The zero-order chi connectivity index (χ0) is 13.9. The van der Waals surface area contributed by atoms with Crippen LogP contribution in [0.2, 0.25) is 0 Å². The first-order valence-electron chi connectivity index (χ1n) is 7.36. The minimum atomic E-state index is -0.193. The van der Waals surface area contributed by atoms with Crippen molar-refractivity contribution in [3.05, 3.63) is 17.8 Å². The van der Waals surface area contributed by atoms with Gasteiger partial charge >= 0.3 is 0 Å². The Balaban J connectivity index is 1.54. The highest BCUT2D eigenvalue weighted by atomic mass is 16.1. The maximum Gasteiger partial charge on any atom is 0.271 e. The van der Waals surface area contributed by atoms with Gasteiger partial charge in [-0.05, 0) is 43.7 Å². The molecule has 2 aliphatic rings. The van der Waals surface area contributed by atoms with Gasteiger partial charge in [0.05, 0.1) is 0 Å². The van der Waals surface area contributed by atoms with Gasteiger partial charge in [0.2, 0.25) is 0 Å². The summed E-state index contributed by atoms with van der Waals surface area (Å²) in [7, 11) is 0. The van der Waals surface area contributed by atoms with Crippen LogP contribution in [0.25, 0.3) is 0 Å². The van der Waals surface area contributed by atoms with Crippen LogP contribution in [0.5, 0.6) is 0 Å². The van der Waals surface area contributed by atoms with Crippen LogP contribution in [0.4, 0.5) is 5.82 Å². The smallest absolute Gasteiger partial charge is 0.271 e. The third kappa shape index (κ3) is 3.07. The molecular formula is C14H21N5O. The molecule has 3 rings (SSSR count). The summed E-state index contributed by atoms with van der Waals surface area (Å²) in [5.74, 6) is 1.24. The maximum atomic E-state index is 11.9. The number of carbonyl (C=O) groups is 1. The summed E-state index contributed by atoms with van der Waals surface area (Å²) in [6.07, 6.45) is 4.76. The number of hydrogen-bond acceptors (Lipinski definition) is 5. The molecule has 1 aliphatic heterocycles. The van der Waals surface area contributed by atoms with E-state index in [2.05, 4.69) is 20.4 Å². The summed E-state index contributed by atoms with van der Waals surface area (Å²) in [6.45, 7) is 2.56. The van der Waals surface area contributed by atoms with E-state index in [-0.39, 0.29) is 11.9 Å². The summed E-state index contributed by atoms with van der Waals surface area (Å²) < 4.78 is 0. The Hall–Kier alpha value is -1.69. The van der Waals surface area contributed by atoms with Gasteiger partial charge in [0.15, 0.2) is 11.5 Å². The van der Waals surface area contributed by atoms with Gasteiger partial charge in [0, 0.05) is 25.7 Å². The van der Waals surface area contributed by atoms with Crippen molar-refractivity contribution in [1.82, 2.24) is 15.5 Å². The molecule has 108 valence electrons. The second-order valence-corrected chi connectivity index (χ2v) is 5.68. The molecule has 1 aromatic rings. The fraction of sp³-hybridized carbons (Fsp3) is 0.643. The van der Waals surface area contributed by atoms with Gasteiger partial charge in [0.1, 0.15) is 0 Å². The maximum absolute atomic E-state index is 11.9. The third-order valence-electron chi connectivity index (χ3n) is 4.04. The molecule has 20 heavy (non-hydrogen) atoms. The Morgan fingerprint density at radius 2 is 2.10 bits per heavy atom. The SMILES string of the molecule is NC(CNC(=O)c1ccc(N2CCCC2)nn1)C1CC1. The summed E-state index contributed by atoms with van der Waals surface area (Å²) in [5.41, 5.74) is 6.31. The zero-order valence-electron chi connectivity index (χ0n) is 11.6. The molecule has 1 atom stereocenters. The van der Waals surface area contributed by atoms with E-state index in [1.165, 1.54) is 25.7 Å². The second kappa shape index (κ2) is 5.75. The van der Waals surface area contributed by atoms with Crippen LogP contribution in [-0.2, 0) is 0 Å². The predicted molar refractivity (Wildman–Crippen MR) is 76.5 cm³/mol. The minimum Gasteiger partial charge on any atom is -0.355 e. The molecule has 2 heterocycles. The van der Waals surface area contributed by atoms with E-state index >= 15 is 0 Å². The molecule has 0 spiro atoms. The van der Waals surface area contributed by atoms with Crippen molar-refractivity contribution >= 4 is 11.7 Å². The van der Waals surface area contributed by atoms with Gasteiger partial charge in [-0.15, -0.1) is 10.2 Å². The van der Waals surface area contributed by atoms with Crippen molar-refractivity contribution in [1.29, 1.82) is 0 Å². The Bertz CT molecular complexity index is 465. The fourth-order valence-corrected chi connectivity index (χ4v) is 2.55. The Morgan fingerprint density at radius 1 is 1.35 bits per heavy atom. The molecule has 2 fully saturated rings. The molecule has 3 N–H and O–H groups in total. The number of nitrogens with one attached hydrogen (secondary N) is 1. The van der Waals surface area contributed by atoms with Crippen molar-refractivity contribution in [2.24, 2.45) is 11.7 Å². The quantitative estimate of drug-likeness (QED) is 0.819. The first-order chi connectivity index (χ1) is 9.74. The van der Waals surface area contributed by atoms with E-state index < -0.39 is 0 Å². The van der Waals surface area contributed by atoms with Crippen LogP contribution in [0.1, 0.15) is 36.2 Å². The van der Waals surface area contributed by atoms with Crippen LogP contribution in [0, 0.1) is 5.92 Å². The fourth-order valence-electron chi connectivity index (χ4n) is 2.55. The van der Waals surface area contributed by atoms with Gasteiger partial charge < -0.3 is 16.0 Å². The van der Waals surface area contributed by atoms with Crippen molar-refractivity contribution < 1.29 is 4.79 Å². The Labute approximate surface area is 118 Å². The van der Waals surface area contributed by atoms with E-state index in [1.807, 2.05) is 6.07 Å². The normalized spacial score (nSPS) is 19.9. The topological polar surface area (TPSA) is 84.1 Å². The van der Waals surface area contributed by atoms with Crippen LogP contribution < -0.4 is 16.0 Å². The van der Waals surface area contributed by atoms with Crippen molar-refractivity contribution in [3.63, 3.8) is 0 Å². The number of nitrogens with two attached hydrogens (primary N) is 1. The molecule has 0 radical (unpaired) electrons. The highest BCUT2D eigenvalue weighted by Gasteiger charge is 2.28. The average molecular weight is 275 g/mol. The third-order valence-corrected chi connectivity index (χ3v) is 4.04. The van der Waals surface area contributed by atoms with Crippen LogP contribution in [0.3, 0.4) is 0 Å². The lowest BCUT2D eigenvalue weighted by molar-refractivity contribution is 0.0944. The van der Waals surface area contributed by atoms with Gasteiger partial charge in [-0.3, -0.25) is 4.79 Å². The van der Waals surface area contributed by atoms with E-state index in [9.17, 15) is 4.79 Å². The van der Waals surface area contributed by atoms with E-state index in [4.69, 9.17) is 5.73 Å². The lowest BCUT2D eigenvalue weighted by Crippen LogP contribution is -2.38. The average Bonchev–Trinajstić information content (AvgIpc) is 3.19. The highest BCUT2D eigenvalue weighted by Crippen LogP contribution is 2.31. The molecule has 1 aromatic heterocycles. The number of carbonyl (C=O) groups excluding carboxylic acids is 1. The number of rotatable bonds is 5. The molecule has 1 saturated carbocycles. The van der Waals surface area contributed by atoms with E-state index in [1.54, 1.807) is 6.07 Å². The Kier molecular flexibility index (Phi) is 3.82. The number of amides is 1. The monoisotopic (exact) mass is 275 g/mol. The molecule has 0 aromatic carbocycles. The predicted octanol–water partition coefficient (Wildman–Crippen LogP) is 0.544. The summed E-state index contributed by atoms with van der Waals surface area (Å²) >= 11 is 0. The van der Waals surface area contributed by atoms with Crippen LogP contribution in [-0.4, -0.2) is 41.8 Å². The minimum absolute atomic E-state index is 0.0655. The summed E-state index contributed by atoms with van der Waals surface area (Å²) in [5, 5.41) is 11.0. The largest absolute Gasteiger partial charge is 0.355 e. The standard InChI is InChI=1S/C14H21N5O/c15-11(10-3-4-10)9-16-14(20)12-5-6-13(18-17-12)19-7-1-2-8-19/h5-6,10-11H,1-4,7-9,15H2,(H,16,20). The van der Waals surface area contributed by atoms with Crippen LogP contribution in [0.15, 0.2) is 12.1 Å². The molecule has 0 bridgehead atoms.